The Morgan fingerprint density at radius 3 is 2.50 bits per heavy atom. The lowest BCUT2D eigenvalue weighted by Gasteiger charge is -2.40. The molecule has 1 saturated heterocycles. The van der Waals surface area contributed by atoms with Gasteiger partial charge in [-0.1, -0.05) is 18.2 Å². The lowest BCUT2D eigenvalue weighted by atomic mass is 9.99. The molecule has 1 fully saturated rings. The Labute approximate surface area is 163 Å². The van der Waals surface area contributed by atoms with E-state index in [1.165, 1.54) is 11.3 Å². The SMILES string of the molecule is CC(c1cc2ccccc2s1)N(O[C@@H]1OC(C(=O)O)[C@@H](O)C(O)C1O)C(N)=O. The van der Waals surface area contributed by atoms with E-state index in [1.807, 2.05) is 30.3 Å². The number of hydrogen-bond donors (Lipinski definition) is 5. The molecule has 1 aromatic heterocycles. The van der Waals surface area contributed by atoms with Crippen LogP contribution >= 0.6 is 11.3 Å². The van der Waals surface area contributed by atoms with Crippen molar-refractivity contribution in [1.29, 1.82) is 0 Å². The van der Waals surface area contributed by atoms with Crippen molar-refractivity contribution in [2.45, 2.75) is 43.7 Å². The molecule has 1 aliphatic heterocycles. The molecule has 4 unspecified atom stereocenters. The number of rotatable bonds is 5. The number of benzene rings is 1. The molecule has 6 atom stereocenters. The molecule has 10 nitrogen and oxygen atoms in total. The summed E-state index contributed by atoms with van der Waals surface area (Å²) < 4.78 is 6.02. The van der Waals surface area contributed by atoms with Crippen LogP contribution in [-0.4, -0.2) is 68.2 Å². The van der Waals surface area contributed by atoms with Gasteiger partial charge in [0.25, 0.3) is 0 Å². The minimum atomic E-state index is -1.87. The van der Waals surface area contributed by atoms with Crippen molar-refractivity contribution < 1.29 is 39.6 Å². The van der Waals surface area contributed by atoms with Crippen molar-refractivity contribution in [2.24, 2.45) is 5.73 Å². The highest BCUT2D eigenvalue weighted by atomic mass is 32.1. The number of fused-ring (bicyclic) bond motifs is 1. The van der Waals surface area contributed by atoms with Crippen molar-refractivity contribution in [2.75, 3.05) is 0 Å². The van der Waals surface area contributed by atoms with Gasteiger partial charge in [-0.25, -0.2) is 14.4 Å². The van der Waals surface area contributed by atoms with E-state index in [0.29, 0.717) is 0 Å². The zero-order valence-corrected chi connectivity index (χ0v) is 15.5. The Morgan fingerprint density at radius 1 is 1.21 bits per heavy atom. The second-order valence-electron chi connectivity index (χ2n) is 6.37. The third-order valence-electron chi connectivity index (χ3n) is 4.46. The molecule has 1 aromatic carbocycles. The molecule has 11 heteroatoms. The quantitative estimate of drug-likeness (QED) is 0.434. The smallest absolute Gasteiger partial charge is 0.339 e. The maximum absolute atomic E-state index is 11.9. The predicted molar refractivity (Wildman–Crippen MR) is 97.1 cm³/mol. The summed E-state index contributed by atoms with van der Waals surface area (Å²) in [6.45, 7) is 1.63. The zero-order valence-electron chi connectivity index (χ0n) is 14.7. The Bertz CT molecular complexity index is 841. The highest BCUT2D eigenvalue weighted by Crippen LogP contribution is 2.34. The number of aliphatic hydroxyl groups is 3. The van der Waals surface area contributed by atoms with Gasteiger partial charge >= 0.3 is 12.0 Å². The van der Waals surface area contributed by atoms with Gasteiger partial charge in [-0.05, 0) is 24.4 Å². The zero-order chi connectivity index (χ0) is 20.6. The Morgan fingerprint density at radius 2 is 1.89 bits per heavy atom. The maximum Gasteiger partial charge on any atom is 0.339 e. The first-order chi connectivity index (χ1) is 13.2. The summed E-state index contributed by atoms with van der Waals surface area (Å²) in [6, 6.07) is 7.71. The van der Waals surface area contributed by atoms with Crippen molar-refractivity contribution in [3.8, 4) is 0 Å². The number of aliphatic carboxylic acids is 1. The van der Waals surface area contributed by atoms with Gasteiger partial charge in [0.15, 0.2) is 6.10 Å². The van der Waals surface area contributed by atoms with Crippen LogP contribution in [0.25, 0.3) is 10.1 Å². The van der Waals surface area contributed by atoms with Crippen molar-refractivity contribution in [1.82, 2.24) is 5.06 Å². The normalized spacial score (nSPS) is 28.8. The van der Waals surface area contributed by atoms with Crippen LogP contribution in [-0.2, 0) is 14.4 Å². The topological polar surface area (TPSA) is 163 Å². The predicted octanol–water partition coefficient (Wildman–Crippen LogP) is 0.167. The molecule has 3 rings (SSSR count). The second kappa shape index (κ2) is 7.99. The van der Waals surface area contributed by atoms with Crippen molar-refractivity contribution >= 4 is 33.4 Å². The number of nitrogens with zero attached hydrogens (tertiary/aromatic N) is 1. The van der Waals surface area contributed by atoms with Gasteiger partial charge in [-0.3, -0.25) is 0 Å². The van der Waals surface area contributed by atoms with Crippen LogP contribution in [0.4, 0.5) is 4.79 Å². The maximum atomic E-state index is 11.9. The van der Waals surface area contributed by atoms with Crippen LogP contribution in [0.15, 0.2) is 30.3 Å². The van der Waals surface area contributed by atoms with Gasteiger partial charge < -0.3 is 30.9 Å². The van der Waals surface area contributed by atoms with Gasteiger partial charge in [0.1, 0.15) is 18.3 Å². The van der Waals surface area contributed by atoms with E-state index in [2.05, 4.69) is 0 Å². The molecular formula is C17H20N2O8S. The molecule has 2 aromatic rings. The van der Waals surface area contributed by atoms with Gasteiger partial charge in [0.2, 0.25) is 6.29 Å². The standard InChI is InChI=1S/C17H20N2O8S/c1-7(10-6-8-4-2-3-5-9(8)28-10)19(17(18)25)27-16-13(22)11(20)12(21)14(26-16)15(23)24/h2-7,11-14,16,20-22H,1H3,(H2,18,25)(H,23,24)/t7?,11?,12-,13?,14?,16-/m0/s1. The summed E-state index contributed by atoms with van der Waals surface area (Å²) in [5.41, 5.74) is 5.39. The summed E-state index contributed by atoms with van der Waals surface area (Å²) in [7, 11) is 0. The van der Waals surface area contributed by atoms with Crippen LogP contribution < -0.4 is 5.73 Å². The van der Waals surface area contributed by atoms with E-state index >= 15 is 0 Å². The number of carbonyl (C=O) groups excluding carboxylic acids is 1. The van der Waals surface area contributed by atoms with Gasteiger partial charge in [0, 0.05) is 9.58 Å². The molecular weight excluding hydrogens is 392 g/mol. The summed E-state index contributed by atoms with van der Waals surface area (Å²) in [6.07, 6.45) is -9.10. The number of ether oxygens (including phenoxy) is 1. The highest BCUT2D eigenvalue weighted by molar-refractivity contribution is 7.19. The number of thiophene rings is 1. The van der Waals surface area contributed by atoms with E-state index in [4.69, 9.17) is 20.4 Å². The first-order valence-corrected chi connectivity index (χ1v) is 9.18. The van der Waals surface area contributed by atoms with Crippen LogP contribution in [0.1, 0.15) is 17.8 Å². The number of aliphatic hydroxyl groups excluding tert-OH is 3. The molecule has 0 radical (unpaired) electrons. The first kappa shape index (κ1) is 20.5. The molecule has 152 valence electrons. The van der Waals surface area contributed by atoms with Crippen LogP contribution in [0.3, 0.4) is 0 Å². The van der Waals surface area contributed by atoms with Crippen LogP contribution in [0.5, 0.6) is 0 Å². The fourth-order valence-electron chi connectivity index (χ4n) is 2.91. The number of hydroxylamine groups is 2. The van der Waals surface area contributed by atoms with E-state index in [-0.39, 0.29) is 0 Å². The molecule has 2 amide bonds. The molecule has 0 aliphatic carbocycles. The molecule has 1 aliphatic rings. The Kier molecular flexibility index (Phi) is 5.84. The Balaban J connectivity index is 1.83. The summed E-state index contributed by atoms with van der Waals surface area (Å²) in [4.78, 5) is 29.2. The second-order valence-corrected chi connectivity index (χ2v) is 7.48. The molecule has 0 spiro atoms. The lowest BCUT2D eigenvalue weighted by molar-refractivity contribution is -0.348. The minimum Gasteiger partial charge on any atom is -0.479 e. The third kappa shape index (κ3) is 3.81. The number of carbonyl (C=O) groups is 2. The molecule has 0 saturated carbocycles. The van der Waals surface area contributed by atoms with Gasteiger partial charge in [-0.15, -0.1) is 11.3 Å². The van der Waals surface area contributed by atoms with Crippen molar-refractivity contribution in [3.05, 3.63) is 35.2 Å². The fourth-order valence-corrected chi connectivity index (χ4v) is 4.01. The van der Waals surface area contributed by atoms with Crippen LogP contribution in [0, 0.1) is 0 Å². The number of primary amides is 1. The van der Waals surface area contributed by atoms with Gasteiger partial charge in [0.05, 0.1) is 6.04 Å². The number of carboxylic acids is 1. The van der Waals surface area contributed by atoms with E-state index in [9.17, 15) is 24.9 Å². The fraction of sp³-hybridized carbons (Fsp3) is 0.412. The lowest BCUT2D eigenvalue weighted by Crippen LogP contribution is -2.61. The monoisotopic (exact) mass is 412 g/mol. The number of amides is 2. The number of carboxylic acid groups (broad SMARTS) is 1. The molecule has 28 heavy (non-hydrogen) atoms. The van der Waals surface area contributed by atoms with E-state index in [1.54, 1.807) is 6.92 Å². The number of nitrogens with two attached hydrogens (primary N) is 1. The highest BCUT2D eigenvalue weighted by Gasteiger charge is 2.49. The van der Waals surface area contributed by atoms with Gasteiger partial charge in [-0.2, -0.15) is 5.06 Å². The average molecular weight is 412 g/mol. The van der Waals surface area contributed by atoms with Crippen molar-refractivity contribution in [3.63, 3.8) is 0 Å². The molecule has 0 bridgehead atoms. The summed E-state index contributed by atoms with van der Waals surface area (Å²) in [5.74, 6) is -1.56. The largest absolute Gasteiger partial charge is 0.479 e. The average Bonchev–Trinajstić information content (AvgIpc) is 3.08. The van der Waals surface area contributed by atoms with E-state index in [0.717, 1.165) is 20.0 Å². The summed E-state index contributed by atoms with van der Waals surface area (Å²) in [5, 5.41) is 40.5. The number of hydrogen-bond acceptors (Lipinski definition) is 8. The molecule has 6 N–H and O–H groups in total. The minimum absolute atomic E-state index is 0.696. The third-order valence-corrected chi connectivity index (χ3v) is 5.74. The Hall–Kier alpha value is -2.28. The first-order valence-electron chi connectivity index (χ1n) is 8.37. The molecule has 2 heterocycles. The van der Waals surface area contributed by atoms with E-state index < -0.39 is 48.7 Å². The summed E-state index contributed by atoms with van der Waals surface area (Å²) >= 11 is 1.40. The van der Waals surface area contributed by atoms with Crippen LogP contribution in [0.2, 0.25) is 0 Å². The number of urea groups is 1.